The first-order chi connectivity index (χ1) is 5.92. The maximum Gasteiger partial charge on any atom is 0.0316 e. The van der Waals surface area contributed by atoms with E-state index in [-0.39, 0.29) is 10.8 Å². The van der Waals surface area contributed by atoms with E-state index in [1.54, 1.807) is 0 Å². The third-order valence-corrected chi connectivity index (χ3v) is 3.32. The lowest BCUT2D eigenvalue weighted by Gasteiger charge is -2.24. The van der Waals surface area contributed by atoms with Gasteiger partial charge in [-0.2, -0.15) is 0 Å². The van der Waals surface area contributed by atoms with Crippen LogP contribution in [0.3, 0.4) is 0 Å². The molecule has 0 N–H and O–H groups in total. The summed E-state index contributed by atoms with van der Waals surface area (Å²) in [6.07, 6.45) is 1.03. The molecule has 1 aromatic heterocycles. The van der Waals surface area contributed by atoms with Crippen molar-refractivity contribution in [3.8, 4) is 0 Å². The van der Waals surface area contributed by atoms with Crippen LogP contribution in [0, 0.1) is 6.92 Å². The Morgan fingerprint density at radius 1 is 1.54 bits per heavy atom. The van der Waals surface area contributed by atoms with E-state index in [2.05, 4.69) is 39.1 Å². The molecule has 0 saturated carbocycles. The summed E-state index contributed by atoms with van der Waals surface area (Å²) < 4.78 is 0. The van der Waals surface area contributed by atoms with E-state index in [0.29, 0.717) is 0 Å². The predicted octanol–water partition coefficient (Wildman–Crippen LogP) is 4.35. The highest BCUT2D eigenvalue weighted by Crippen LogP contribution is 2.32. The van der Waals surface area contributed by atoms with Crippen molar-refractivity contribution in [2.24, 2.45) is 0 Å². The van der Waals surface area contributed by atoms with Crippen LogP contribution in [0.5, 0.6) is 0 Å². The smallest absolute Gasteiger partial charge is 0.0316 e. The van der Waals surface area contributed by atoms with Gasteiger partial charge in [0.1, 0.15) is 0 Å². The summed E-state index contributed by atoms with van der Waals surface area (Å²) in [6, 6.07) is 2.27. The van der Waals surface area contributed by atoms with Crippen molar-refractivity contribution in [3.05, 3.63) is 21.9 Å². The van der Waals surface area contributed by atoms with Crippen LogP contribution in [0.25, 0.3) is 0 Å². The first-order valence-corrected chi connectivity index (χ1v) is 5.93. The molecule has 1 aromatic rings. The van der Waals surface area contributed by atoms with Gasteiger partial charge in [-0.1, -0.05) is 13.8 Å². The average molecular weight is 217 g/mol. The maximum atomic E-state index is 6.02. The first kappa shape index (κ1) is 11.1. The van der Waals surface area contributed by atoms with E-state index in [1.165, 1.54) is 10.4 Å². The summed E-state index contributed by atoms with van der Waals surface area (Å²) in [5, 5.41) is 2.49. The minimum absolute atomic E-state index is 0.214. The molecular weight excluding hydrogens is 200 g/mol. The molecule has 1 rings (SSSR count). The van der Waals surface area contributed by atoms with Crippen LogP contribution in [-0.4, -0.2) is 5.38 Å². The molecule has 0 fully saturated rings. The fraction of sp³-hybridized carbons (Fsp3) is 0.636. The lowest BCUT2D eigenvalue weighted by atomic mass is 9.82. The predicted molar refractivity (Wildman–Crippen MR) is 62.0 cm³/mol. The molecule has 0 aliphatic rings. The standard InChI is InChI=1S/C11H17ClS/c1-8(12)6-11(3,4)10-5-9(2)13-7-10/h5,7-8H,6H2,1-4H3. The van der Waals surface area contributed by atoms with Crippen LogP contribution >= 0.6 is 22.9 Å². The molecule has 0 spiro atoms. The highest BCUT2D eigenvalue weighted by Gasteiger charge is 2.23. The Kier molecular flexibility index (Phi) is 3.42. The molecule has 0 aromatic carbocycles. The fourth-order valence-electron chi connectivity index (χ4n) is 1.62. The summed E-state index contributed by atoms with van der Waals surface area (Å²) in [5.41, 5.74) is 1.63. The minimum Gasteiger partial charge on any atom is -0.149 e. The number of alkyl halides is 1. The van der Waals surface area contributed by atoms with Gasteiger partial charge in [-0.05, 0) is 42.7 Å². The molecule has 0 amide bonds. The maximum absolute atomic E-state index is 6.02. The van der Waals surface area contributed by atoms with Gasteiger partial charge in [0, 0.05) is 10.3 Å². The van der Waals surface area contributed by atoms with E-state index < -0.39 is 0 Å². The van der Waals surface area contributed by atoms with Gasteiger partial charge < -0.3 is 0 Å². The Labute approximate surface area is 89.9 Å². The number of rotatable bonds is 3. The molecular formula is C11H17ClS. The van der Waals surface area contributed by atoms with Crippen molar-refractivity contribution in [1.29, 1.82) is 0 Å². The summed E-state index contributed by atoms with van der Waals surface area (Å²) >= 11 is 7.84. The van der Waals surface area contributed by atoms with Gasteiger partial charge in [0.15, 0.2) is 0 Å². The van der Waals surface area contributed by atoms with Crippen molar-refractivity contribution in [1.82, 2.24) is 0 Å². The number of hydrogen-bond acceptors (Lipinski definition) is 1. The lowest BCUT2D eigenvalue weighted by molar-refractivity contribution is 0.478. The molecule has 0 radical (unpaired) electrons. The van der Waals surface area contributed by atoms with Crippen LogP contribution in [-0.2, 0) is 5.41 Å². The highest BCUT2D eigenvalue weighted by molar-refractivity contribution is 7.10. The molecule has 0 saturated heterocycles. The largest absolute Gasteiger partial charge is 0.149 e. The third kappa shape index (κ3) is 2.99. The highest BCUT2D eigenvalue weighted by atomic mass is 35.5. The van der Waals surface area contributed by atoms with Gasteiger partial charge in [-0.25, -0.2) is 0 Å². The van der Waals surface area contributed by atoms with E-state index >= 15 is 0 Å². The molecule has 2 heteroatoms. The van der Waals surface area contributed by atoms with Gasteiger partial charge in [0.25, 0.3) is 0 Å². The lowest BCUT2D eigenvalue weighted by Crippen LogP contribution is -2.19. The van der Waals surface area contributed by atoms with Crippen molar-refractivity contribution in [2.75, 3.05) is 0 Å². The van der Waals surface area contributed by atoms with Crippen molar-refractivity contribution < 1.29 is 0 Å². The van der Waals surface area contributed by atoms with Crippen LogP contribution < -0.4 is 0 Å². The van der Waals surface area contributed by atoms with E-state index in [0.717, 1.165) is 6.42 Å². The summed E-state index contributed by atoms with van der Waals surface area (Å²) in [4.78, 5) is 1.38. The van der Waals surface area contributed by atoms with E-state index in [1.807, 2.05) is 11.3 Å². The number of hydrogen-bond donors (Lipinski definition) is 0. The molecule has 1 heterocycles. The second kappa shape index (κ2) is 4.02. The normalized spacial score (nSPS) is 14.5. The number of thiophene rings is 1. The monoisotopic (exact) mass is 216 g/mol. The Balaban J connectivity index is 2.80. The van der Waals surface area contributed by atoms with Crippen LogP contribution in [0.2, 0.25) is 0 Å². The van der Waals surface area contributed by atoms with E-state index in [9.17, 15) is 0 Å². The molecule has 1 atom stereocenters. The van der Waals surface area contributed by atoms with Crippen molar-refractivity contribution >= 4 is 22.9 Å². The zero-order chi connectivity index (χ0) is 10.1. The summed E-state index contributed by atoms with van der Waals surface area (Å²) in [5.74, 6) is 0. The van der Waals surface area contributed by atoms with Gasteiger partial charge in [0.05, 0.1) is 0 Å². The minimum atomic E-state index is 0.214. The fourth-order valence-corrected chi connectivity index (χ4v) is 2.90. The van der Waals surface area contributed by atoms with Crippen molar-refractivity contribution in [2.45, 2.75) is 44.9 Å². The zero-order valence-electron chi connectivity index (χ0n) is 8.73. The molecule has 0 aliphatic heterocycles. The molecule has 0 nitrogen and oxygen atoms in total. The van der Waals surface area contributed by atoms with Crippen LogP contribution in [0.1, 0.15) is 37.6 Å². The van der Waals surface area contributed by atoms with Gasteiger partial charge in [-0.3, -0.25) is 0 Å². The van der Waals surface area contributed by atoms with Crippen LogP contribution in [0.4, 0.5) is 0 Å². The van der Waals surface area contributed by atoms with Gasteiger partial charge in [-0.15, -0.1) is 22.9 Å². The molecule has 0 bridgehead atoms. The average Bonchev–Trinajstić information content (AvgIpc) is 2.32. The topological polar surface area (TPSA) is 0 Å². The van der Waals surface area contributed by atoms with Crippen molar-refractivity contribution in [3.63, 3.8) is 0 Å². The molecule has 74 valence electrons. The Bertz CT molecular complexity index is 273. The Morgan fingerprint density at radius 3 is 2.54 bits per heavy atom. The molecule has 13 heavy (non-hydrogen) atoms. The number of halogens is 1. The SMILES string of the molecule is Cc1cc(C(C)(C)CC(C)Cl)cs1. The second-order valence-corrected chi connectivity index (χ2v) is 6.18. The molecule has 0 aliphatic carbocycles. The number of aryl methyl sites for hydroxylation is 1. The Morgan fingerprint density at radius 2 is 2.15 bits per heavy atom. The first-order valence-electron chi connectivity index (χ1n) is 4.61. The summed E-state index contributed by atoms with van der Waals surface area (Å²) in [6.45, 7) is 8.72. The van der Waals surface area contributed by atoms with Gasteiger partial charge in [0.2, 0.25) is 0 Å². The second-order valence-electron chi connectivity index (χ2n) is 4.31. The summed E-state index contributed by atoms with van der Waals surface area (Å²) in [7, 11) is 0. The Hall–Kier alpha value is -0.0100. The quantitative estimate of drug-likeness (QED) is 0.659. The van der Waals surface area contributed by atoms with Crippen LogP contribution in [0.15, 0.2) is 11.4 Å². The zero-order valence-corrected chi connectivity index (χ0v) is 10.3. The molecule has 1 unspecified atom stereocenters. The van der Waals surface area contributed by atoms with E-state index in [4.69, 9.17) is 11.6 Å². The van der Waals surface area contributed by atoms with Gasteiger partial charge >= 0.3 is 0 Å². The third-order valence-electron chi connectivity index (χ3n) is 2.30.